The van der Waals surface area contributed by atoms with E-state index in [9.17, 15) is 0 Å². The summed E-state index contributed by atoms with van der Waals surface area (Å²) in [5, 5.41) is 0. The SMILES string of the molecule is C[C@H]1O[C@H](F)[C@H](OCc2ccccc2)[C@@H](OCc2ccccc2)[C@@H]1OCc1ccccc1. The second-order valence-electron chi connectivity index (χ2n) is 7.98. The molecule has 0 aromatic heterocycles. The van der Waals surface area contributed by atoms with Crippen molar-refractivity contribution in [3.63, 3.8) is 0 Å². The molecule has 0 bridgehead atoms. The lowest BCUT2D eigenvalue weighted by Crippen LogP contribution is -2.58. The fraction of sp³-hybridized carbons (Fsp3) is 0.333. The summed E-state index contributed by atoms with van der Waals surface area (Å²) in [6.07, 6.45) is -4.10. The molecule has 1 heterocycles. The zero-order valence-electron chi connectivity index (χ0n) is 18.2. The summed E-state index contributed by atoms with van der Waals surface area (Å²) in [5.41, 5.74) is 3.00. The van der Waals surface area contributed by atoms with Gasteiger partial charge in [-0.25, -0.2) is 4.39 Å². The molecule has 1 aliphatic heterocycles. The first-order valence-corrected chi connectivity index (χ1v) is 11.0. The van der Waals surface area contributed by atoms with Gasteiger partial charge in [0.25, 0.3) is 0 Å². The number of rotatable bonds is 9. The molecule has 0 unspecified atom stereocenters. The van der Waals surface area contributed by atoms with Crippen molar-refractivity contribution in [1.29, 1.82) is 0 Å². The zero-order valence-corrected chi connectivity index (χ0v) is 18.2. The Balaban J connectivity index is 1.50. The van der Waals surface area contributed by atoms with Gasteiger partial charge < -0.3 is 18.9 Å². The number of hydrogen-bond donors (Lipinski definition) is 0. The van der Waals surface area contributed by atoms with Gasteiger partial charge in [-0.15, -0.1) is 0 Å². The maximum absolute atomic E-state index is 15.0. The van der Waals surface area contributed by atoms with E-state index >= 15 is 4.39 Å². The van der Waals surface area contributed by atoms with Gasteiger partial charge in [0.2, 0.25) is 6.36 Å². The normalized spacial score (nSPS) is 25.5. The molecule has 3 aromatic rings. The lowest BCUT2D eigenvalue weighted by molar-refractivity contribution is -0.288. The van der Waals surface area contributed by atoms with E-state index in [0.717, 1.165) is 16.7 Å². The molecule has 3 aromatic carbocycles. The Morgan fingerprint density at radius 3 is 1.41 bits per heavy atom. The van der Waals surface area contributed by atoms with Crippen molar-refractivity contribution >= 4 is 0 Å². The van der Waals surface area contributed by atoms with Crippen LogP contribution >= 0.6 is 0 Å². The average Bonchev–Trinajstić information content (AvgIpc) is 2.83. The third-order valence-electron chi connectivity index (χ3n) is 5.57. The molecule has 4 rings (SSSR count). The predicted molar refractivity (Wildman–Crippen MR) is 121 cm³/mol. The smallest absolute Gasteiger partial charge is 0.228 e. The average molecular weight is 437 g/mol. The van der Waals surface area contributed by atoms with Gasteiger partial charge in [-0.05, 0) is 23.6 Å². The molecule has 0 N–H and O–H groups in total. The van der Waals surface area contributed by atoms with Crippen LogP contribution in [-0.2, 0) is 38.8 Å². The molecule has 1 fully saturated rings. The summed E-state index contributed by atoms with van der Waals surface area (Å²) in [4.78, 5) is 0. The molecule has 32 heavy (non-hydrogen) atoms. The number of hydrogen-bond acceptors (Lipinski definition) is 4. The van der Waals surface area contributed by atoms with E-state index in [1.54, 1.807) is 0 Å². The minimum absolute atomic E-state index is 0.264. The van der Waals surface area contributed by atoms with Crippen LogP contribution in [0.3, 0.4) is 0 Å². The standard InChI is InChI=1S/C27H29FO4/c1-20-24(29-17-21-11-5-2-6-12-21)25(30-18-22-13-7-3-8-14-22)26(27(28)32-20)31-19-23-15-9-4-10-16-23/h2-16,20,24-27H,17-19H2,1H3/t20-,24-,25+,26-,27+/m1/s1. The maximum Gasteiger partial charge on any atom is 0.228 e. The maximum atomic E-state index is 15.0. The highest BCUT2D eigenvalue weighted by Crippen LogP contribution is 2.30. The lowest BCUT2D eigenvalue weighted by Gasteiger charge is -2.42. The van der Waals surface area contributed by atoms with E-state index in [-0.39, 0.29) is 6.61 Å². The van der Waals surface area contributed by atoms with Crippen molar-refractivity contribution in [1.82, 2.24) is 0 Å². The molecule has 1 aliphatic rings. The molecule has 1 saturated heterocycles. The molecule has 0 aliphatic carbocycles. The Morgan fingerprint density at radius 1 is 0.594 bits per heavy atom. The number of benzene rings is 3. The van der Waals surface area contributed by atoms with E-state index in [1.807, 2.05) is 97.9 Å². The highest BCUT2D eigenvalue weighted by molar-refractivity contribution is 5.15. The molecule has 0 radical (unpaired) electrons. The number of halogens is 1. The van der Waals surface area contributed by atoms with Crippen LogP contribution in [0.5, 0.6) is 0 Å². The van der Waals surface area contributed by atoms with Crippen molar-refractivity contribution in [2.75, 3.05) is 0 Å². The van der Waals surface area contributed by atoms with Crippen LogP contribution in [-0.4, -0.2) is 30.8 Å². The van der Waals surface area contributed by atoms with Gasteiger partial charge in [-0.2, -0.15) is 0 Å². The van der Waals surface area contributed by atoms with Crippen LogP contribution < -0.4 is 0 Å². The Kier molecular flexibility index (Phi) is 8.02. The third kappa shape index (κ3) is 6.02. The van der Waals surface area contributed by atoms with Crippen LogP contribution in [0.1, 0.15) is 23.6 Å². The van der Waals surface area contributed by atoms with Gasteiger partial charge in [-0.1, -0.05) is 91.0 Å². The van der Waals surface area contributed by atoms with Crippen molar-refractivity contribution in [2.45, 2.75) is 57.5 Å². The van der Waals surface area contributed by atoms with Crippen molar-refractivity contribution < 1.29 is 23.3 Å². The molecular weight excluding hydrogens is 407 g/mol. The van der Waals surface area contributed by atoms with Gasteiger partial charge in [0.1, 0.15) is 18.3 Å². The molecular formula is C27H29FO4. The van der Waals surface area contributed by atoms with Gasteiger partial charge in [-0.3, -0.25) is 0 Å². The van der Waals surface area contributed by atoms with Gasteiger partial charge in [0, 0.05) is 0 Å². The summed E-state index contributed by atoms with van der Waals surface area (Å²) in [6.45, 7) is 2.79. The van der Waals surface area contributed by atoms with Crippen LogP contribution in [0.25, 0.3) is 0 Å². The first-order chi connectivity index (χ1) is 15.7. The molecule has 5 heteroatoms. The lowest BCUT2D eigenvalue weighted by atomic mass is 9.99. The number of alkyl halides is 1. The van der Waals surface area contributed by atoms with Crippen LogP contribution in [0.4, 0.5) is 4.39 Å². The molecule has 0 spiro atoms. The van der Waals surface area contributed by atoms with Gasteiger partial charge >= 0.3 is 0 Å². The minimum atomic E-state index is -1.61. The first kappa shape index (κ1) is 22.6. The highest BCUT2D eigenvalue weighted by atomic mass is 19.1. The van der Waals surface area contributed by atoms with E-state index in [0.29, 0.717) is 13.2 Å². The predicted octanol–water partition coefficient (Wildman–Crippen LogP) is 5.46. The van der Waals surface area contributed by atoms with Crippen molar-refractivity contribution in [2.24, 2.45) is 0 Å². The molecule has 5 atom stereocenters. The summed E-state index contributed by atoms with van der Waals surface area (Å²) in [7, 11) is 0. The van der Waals surface area contributed by atoms with Crippen molar-refractivity contribution in [3.05, 3.63) is 108 Å². The first-order valence-electron chi connectivity index (χ1n) is 11.0. The summed E-state index contributed by atoms with van der Waals surface area (Å²) in [5.74, 6) is 0. The molecule has 4 nitrogen and oxygen atoms in total. The van der Waals surface area contributed by atoms with E-state index in [1.165, 1.54) is 0 Å². The number of ether oxygens (including phenoxy) is 4. The van der Waals surface area contributed by atoms with Crippen LogP contribution in [0, 0.1) is 0 Å². The third-order valence-corrected chi connectivity index (χ3v) is 5.57. The summed E-state index contributed by atoms with van der Waals surface area (Å²) >= 11 is 0. The molecule has 0 amide bonds. The summed E-state index contributed by atoms with van der Waals surface area (Å²) < 4.78 is 39.1. The molecule has 0 saturated carbocycles. The zero-order chi connectivity index (χ0) is 22.2. The second kappa shape index (κ2) is 11.3. The fourth-order valence-electron chi connectivity index (χ4n) is 3.85. The van der Waals surface area contributed by atoms with E-state index in [2.05, 4.69) is 0 Å². The monoisotopic (exact) mass is 436 g/mol. The topological polar surface area (TPSA) is 36.9 Å². The minimum Gasteiger partial charge on any atom is -0.368 e. The second-order valence-corrected chi connectivity index (χ2v) is 7.98. The Labute approximate surface area is 188 Å². The summed E-state index contributed by atoms with van der Waals surface area (Å²) in [6, 6.07) is 29.4. The van der Waals surface area contributed by atoms with Gasteiger partial charge in [0.15, 0.2) is 0 Å². The Hall–Kier alpha value is -2.57. The van der Waals surface area contributed by atoms with Gasteiger partial charge in [0.05, 0.1) is 25.9 Å². The largest absolute Gasteiger partial charge is 0.368 e. The fourth-order valence-corrected chi connectivity index (χ4v) is 3.85. The Bertz CT molecular complexity index is 867. The van der Waals surface area contributed by atoms with Crippen LogP contribution in [0.15, 0.2) is 91.0 Å². The molecule has 168 valence electrons. The van der Waals surface area contributed by atoms with Crippen molar-refractivity contribution in [3.8, 4) is 0 Å². The van der Waals surface area contributed by atoms with Crippen LogP contribution in [0.2, 0.25) is 0 Å². The van der Waals surface area contributed by atoms with E-state index < -0.39 is 30.8 Å². The Morgan fingerprint density at radius 2 is 0.969 bits per heavy atom. The van der Waals surface area contributed by atoms with E-state index in [4.69, 9.17) is 18.9 Å². The highest BCUT2D eigenvalue weighted by Gasteiger charge is 2.47. The quantitative estimate of drug-likeness (QED) is 0.447.